The van der Waals surface area contributed by atoms with Crippen molar-refractivity contribution in [1.82, 2.24) is 14.2 Å². The molecule has 2 rings (SSSR count). The lowest BCUT2D eigenvalue weighted by molar-refractivity contribution is 0.0944. The maximum absolute atomic E-state index is 13.0. The van der Waals surface area contributed by atoms with Crippen molar-refractivity contribution < 1.29 is 4.79 Å². The van der Waals surface area contributed by atoms with Crippen LogP contribution in [0.3, 0.4) is 0 Å². The maximum Gasteiger partial charge on any atom is 0.327 e. The van der Waals surface area contributed by atoms with Gasteiger partial charge < -0.3 is 4.90 Å². The summed E-state index contributed by atoms with van der Waals surface area (Å²) in [6, 6.07) is 0.360. The lowest BCUT2D eigenvalue weighted by Gasteiger charge is -2.44. The van der Waals surface area contributed by atoms with Gasteiger partial charge in [-0.1, -0.05) is 25.2 Å². The van der Waals surface area contributed by atoms with Gasteiger partial charge in [0, 0.05) is 18.2 Å². The summed E-state index contributed by atoms with van der Waals surface area (Å²) in [4.78, 5) is 19.0. The third kappa shape index (κ3) is 3.87. The molecule has 0 saturated carbocycles. The minimum atomic E-state index is 0.0365. The molecule has 0 aromatic carbocycles. The monoisotopic (exact) mass is 348 g/mol. The van der Waals surface area contributed by atoms with Gasteiger partial charge in [-0.3, -0.25) is 9.80 Å². The minimum Gasteiger partial charge on any atom is -0.307 e. The Bertz CT molecular complexity index is 625. The summed E-state index contributed by atoms with van der Waals surface area (Å²) in [6.07, 6.45) is 3.71. The molecule has 1 aromatic rings. The summed E-state index contributed by atoms with van der Waals surface area (Å²) in [5.74, 6) is 0. The molecule has 6 heteroatoms. The minimum absolute atomic E-state index is 0.0365. The molecule has 2 heterocycles. The molecule has 0 aliphatic carbocycles. The first kappa shape index (κ1) is 18.7. The Morgan fingerprint density at radius 3 is 2.71 bits per heavy atom. The quantitative estimate of drug-likeness (QED) is 0.699. The molecule has 0 bridgehead atoms. The fraction of sp³-hybridized carbons (Fsp3) is 0.556. The first-order chi connectivity index (χ1) is 11.4. The average molecular weight is 349 g/mol. The van der Waals surface area contributed by atoms with E-state index >= 15 is 0 Å². The fourth-order valence-corrected chi connectivity index (χ4v) is 3.89. The maximum atomic E-state index is 13.0. The van der Waals surface area contributed by atoms with Crippen LogP contribution < -0.4 is 4.90 Å². The van der Waals surface area contributed by atoms with Crippen LogP contribution >= 0.6 is 11.5 Å². The van der Waals surface area contributed by atoms with E-state index in [2.05, 4.69) is 43.2 Å². The molecular weight excluding hydrogens is 320 g/mol. The van der Waals surface area contributed by atoms with Crippen LogP contribution in [0, 0.1) is 6.92 Å². The first-order valence-electron chi connectivity index (χ1n) is 8.39. The third-order valence-electron chi connectivity index (χ3n) is 4.34. The predicted molar refractivity (Wildman–Crippen MR) is 101 cm³/mol. The van der Waals surface area contributed by atoms with Crippen LogP contribution in [0.1, 0.15) is 38.4 Å². The van der Waals surface area contributed by atoms with Gasteiger partial charge in [0.25, 0.3) is 0 Å². The molecule has 0 radical (unpaired) electrons. The van der Waals surface area contributed by atoms with Crippen LogP contribution in [0.15, 0.2) is 24.8 Å². The van der Waals surface area contributed by atoms with Gasteiger partial charge in [0.1, 0.15) is 5.00 Å². The molecule has 1 aliphatic heterocycles. The van der Waals surface area contributed by atoms with Gasteiger partial charge in [-0.2, -0.15) is 4.37 Å². The number of aromatic nitrogens is 1. The topological polar surface area (TPSA) is 39.7 Å². The third-order valence-corrected chi connectivity index (χ3v) is 5.36. The summed E-state index contributed by atoms with van der Waals surface area (Å²) < 4.78 is 4.51. The summed E-state index contributed by atoms with van der Waals surface area (Å²) in [7, 11) is 0. The second-order valence-electron chi connectivity index (χ2n) is 6.52. The molecule has 1 aromatic heterocycles. The number of amides is 2. The Balaban J connectivity index is 2.32. The average Bonchev–Trinajstić information content (AvgIpc) is 2.89. The molecule has 0 N–H and O–H groups in total. The van der Waals surface area contributed by atoms with Crippen molar-refractivity contribution in [3.8, 4) is 0 Å². The first-order valence-corrected chi connectivity index (χ1v) is 9.17. The normalized spacial score (nSPS) is 17.2. The largest absolute Gasteiger partial charge is 0.327 e. The molecule has 1 fully saturated rings. The van der Waals surface area contributed by atoms with Crippen LogP contribution in [0.25, 0.3) is 0 Å². The van der Waals surface area contributed by atoms with E-state index in [0.29, 0.717) is 25.9 Å². The summed E-state index contributed by atoms with van der Waals surface area (Å²) in [5, 5.41) is 0.957. The van der Waals surface area contributed by atoms with Crippen molar-refractivity contribution in [1.29, 1.82) is 0 Å². The summed E-state index contributed by atoms with van der Waals surface area (Å²) in [5.41, 5.74) is 3.17. The number of carbonyl (C=O) groups excluding carboxylic acids is 1. The van der Waals surface area contributed by atoms with Crippen molar-refractivity contribution in [3.05, 3.63) is 36.1 Å². The Kier molecular flexibility index (Phi) is 6.18. The molecule has 0 spiro atoms. The molecule has 5 nitrogen and oxygen atoms in total. The van der Waals surface area contributed by atoms with Gasteiger partial charge in [0.15, 0.2) is 0 Å². The van der Waals surface area contributed by atoms with Gasteiger partial charge in [0.2, 0.25) is 0 Å². The Morgan fingerprint density at radius 2 is 2.17 bits per heavy atom. The number of carbonyl (C=O) groups is 1. The Hall–Kier alpha value is -1.66. The van der Waals surface area contributed by atoms with Crippen LogP contribution in [-0.4, -0.2) is 46.1 Å². The smallest absolute Gasteiger partial charge is 0.307 e. The van der Waals surface area contributed by atoms with Gasteiger partial charge >= 0.3 is 6.03 Å². The molecule has 24 heavy (non-hydrogen) atoms. The van der Waals surface area contributed by atoms with Crippen LogP contribution in [0.5, 0.6) is 0 Å². The van der Waals surface area contributed by atoms with E-state index in [1.165, 1.54) is 11.5 Å². The Labute approximate surface area is 149 Å². The van der Waals surface area contributed by atoms with E-state index in [9.17, 15) is 4.79 Å². The molecular formula is C18H28N4OS. The number of rotatable bonds is 7. The van der Waals surface area contributed by atoms with Crippen LogP contribution in [-0.2, 0) is 6.42 Å². The molecule has 1 saturated heterocycles. The van der Waals surface area contributed by atoms with E-state index in [1.54, 1.807) is 0 Å². The van der Waals surface area contributed by atoms with Gasteiger partial charge in [-0.15, -0.1) is 6.58 Å². The van der Waals surface area contributed by atoms with E-state index in [-0.39, 0.29) is 6.03 Å². The highest BCUT2D eigenvalue weighted by atomic mass is 32.1. The van der Waals surface area contributed by atoms with Crippen molar-refractivity contribution >= 4 is 22.6 Å². The molecule has 1 unspecified atom stereocenters. The highest BCUT2D eigenvalue weighted by molar-refractivity contribution is 7.10. The number of hydrogen-bond acceptors (Lipinski definition) is 4. The zero-order valence-corrected chi connectivity index (χ0v) is 16.0. The van der Waals surface area contributed by atoms with Gasteiger partial charge in [0.05, 0.1) is 19.0 Å². The van der Waals surface area contributed by atoms with Crippen molar-refractivity contribution in [3.63, 3.8) is 0 Å². The standard InChI is InChI=1S/C18H28N4OS/c1-7-9-14(5)21-11-20(10-13(3)4)18(23)22(12-21)17-15(6)16(8-2)19-24-17/h7,14H,1,3,8-12H2,2,4-6H3. The van der Waals surface area contributed by atoms with Crippen molar-refractivity contribution in [2.75, 3.05) is 24.8 Å². The summed E-state index contributed by atoms with van der Waals surface area (Å²) >= 11 is 1.42. The van der Waals surface area contributed by atoms with Crippen molar-refractivity contribution in [2.45, 2.75) is 46.6 Å². The zero-order chi connectivity index (χ0) is 17.9. The van der Waals surface area contributed by atoms with E-state index in [1.807, 2.05) is 22.8 Å². The number of hydrogen-bond donors (Lipinski definition) is 0. The van der Waals surface area contributed by atoms with Gasteiger partial charge in [-0.25, -0.2) is 4.79 Å². The van der Waals surface area contributed by atoms with Crippen LogP contribution in [0.2, 0.25) is 0 Å². The Morgan fingerprint density at radius 1 is 1.46 bits per heavy atom. The fourth-order valence-electron chi connectivity index (χ4n) is 2.94. The molecule has 1 aliphatic rings. The lowest BCUT2D eigenvalue weighted by atomic mass is 10.2. The second kappa shape index (κ2) is 7.94. The highest BCUT2D eigenvalue weighted by Gasteiger charge is 2.34. The summed E-state index contributed by atoms with van der Waals surface area (Å²) in [6.45, 7) is 17.9. The van der Waals surface area contributed by atoms with E-state index < -0.39 is 0 Å². The van der Waals surface area contributed by atoms with Crippen molar-refractivity contribution in [2.24, 2.45) is 0 Å². The second-order valence-corrected chi connectivity index (χ2v) is 7.28. The number of aryl methyl sites for hydroxylation is 1. The molecule has 2 amide bonds. The molecule has 1 atom stereocenters. The zero-order valence-electron chi connectivity index (χ0n) is 15.2. The lowest BCUT2D eigenvalue weighted by Crippen LogP contribution is -2.60. The van der Waals surface area contributed by atoms with Crippen LogP contribution in [0.4, 0.5) is 9.80 Å². The predicted octanol–water partition coefficient (Wildman–Crippen LogP) is 4.01. The van der Waals surface area contributed by atoms with Gasteiger partial charge in [-0.05, 0) is 45.1 Å². The number of anilines is 1. The SMILES string of the molecule is C=CCC(C)N1CN(CC(=C)C)C(=O)N(c2snc(CC)c2C)C1. The number of urea groups is 1. The number of nitrogens with zero attached hydrogens (tertiary/aromatic N) is 4. The van der Waals surface area contributed by atoms with E-state index in [0.717, 1.165) is 34.7 Å². The van der Waals surface area contributed by atoms with E-state index in [4.69, 9.17) is 0 Å². The highest BCUT2D eigenvalue weighted by Crippen LogP contribution is 2.31. The molecule has 132 valence electrons.